The molecule has 6 heteroatoms. The molecule has 6 nitrogen and oxygen atoms in total. The molecule has 2 aromatic rings. The van der Waals surface area contributed by atoms with E-state index in [4.69, 9.17) is 0 Å². The van der Waals surface area contributed by atoms with Crippen molar-refractivity contribution in [2.75, 3.05) is 19.6 Å². The van der Waals surface area contributed by atoms with Gasteiger partial charge in [-0.3, -0.25) is 14.8 Å². The summed E-state index contributed by atoms with van der Waals surface area (Å²) in [6, 6.07) is 8.77. The van der Waals surface area contributed by atoms with Crippen LogP contribution < -0.4 is 0 Å². The number of hydrogen-bond acceptors (Lipinski definition) is 4. The fourth-order valence-electron chi connectivity index (χ4n) is 3.79. The fourth-order valence-corrected chi connectivity index (χ4v) is 3.79. The molecule has 1 amide bonds. The molecule has 0 spiro atoms. The van der Waals surface area contributed by atoms with Crippen molar-refractivity contribution in [1.82, 2.24) is 25.0 Å². The van der Waals surface area contributed by atoms with Crippen LogP contribution >= 0.6 is 0 Å². The number of amides is 1. The van der Waals surface area contributed by atoms with Gasteiger partial charge in [-0.15, -0.1) is 0 Å². The van der Waals surface area contributed by atoms with Crippen LogP contribution in [0.5, 0.6) is 0 Å². The normalized spacial score (nSPS) is 22.4. The number of carbonyl (C=O) groups excluding carboxylic acids is 1. The fraction of sp³-hybridized carbons (Fsp3) is 0.500. The molecule has 1 aromatic heterocycles. The van der Waals surface area contributed by atoms with E-state index in [-0.39, 0.29) is 5.91 Å². The molecule has 1 atom stereocenters. The standard InChI is InChI=1S/C18H23N5O/c1-13-4-2-3-9-23(13)16-10-22(11-16)18(24)15-7-5-14(6-8-15)17-19-12-20-21-17/h5-8,12-13,16H,2-4,9-11H2,1H3,(H,19,20,21)/t13-/m0/s1. The van der Waals surface area contributed by atoms with E-state index >= 15 is 0 Å². The highest BCUT2D eigenvalue weighted by atomic mass is 16.2. The number of aromatic nitrogens is 3. The molecule has 3 heterocycles. The van der Waals surface area contributed by atoms with Gasteiger partial charge >= 0.3 is 0 Å². The molecule has 0 radical (unpaired) electrons. The van der Waals surface area contributed by atoms with Gasteiger partial charge in [-0.2, -0.15) is 5.10 Å². The van der Waals surface area contributed by atoms with E-state index in [0.29, 0.717) is 12.1 Å². The monoisotopic (exact) mass is 325 g/mol. The predicted octanol–water partition coefficient (Wildman–Crippen LogP) is 2.17. The second-order valence-electron chi connectivity index (χ2n) is 6.86. The summed E-state index contributed by atoms with van der Waals surface area (Å²) < 4.78 is 0. The smallest absolute Gasteiger partial charge is 0.253 e. The van der Waals surface area contributed by atoms with Crippen molar-refractivity contribution in [3.8, 4) is 11.4 Å². The van der Waals surface area contributed by atoms with Gasteiger partial charge in [-0.25, -0.2) is 4.98 Å². The molecule has 2 saturated heterocycles. The average Bonchev–Trinajstić information content (AvgIpc) is 3.10. The molecule has 1 aromatic carbocycles. The molecule has 24 heavy (non-hydrogen) atoms. The molecule has 1 N–H and O–H groups in total. The van der Waals surface area contributed by atoms with Gasteiger partial charge in [0.15, 0.2) is 5.82 Å². The lowest BCUT2D eigenvalue weighted by atomic mass is 9.97. The Balaban J connectivity index is 1.37. The van der Waals surface area contributed by atoms with Gasteiger partial charge in [0, 0.05) is 36.3 Å². The summed E-state index contributed by atoms with van der Waals surface area (Å²) in [6.45, 7) is 5.20. The summed E-state index contributed by atoms with van der Waals surface area (Å²) in [6.07, 6.45) is 5.40. The minimum absolute atomic E-state index is 0.125. The highest BCUT2D eigenvalue weighted by Gasteiger charge is 2.37. The quantitative estimate of drug-likeness (QED) is 0.939. The third-order valence-electron chi connectivity index (χ3n) is 5.29. The summed E-state index contributed by atoms with van der Waals surface area (Å²) in [5.41, 5.74) is 1.68. The molecular formula is C18H23N5O. The Morgan fingerprint density at radius 3 is 2.67 bits per heavy atom. The van der Waals surface area contributed by atoms with Crippen LogP contribution in [0.1, 0.15) is 36.5 Å². The van der Waals surface area contributed by atoms with E-state index in [1.165, 1.54) is 32.1 Å². The minimum Gasteiger partial charge on any atom is -0.335 e. The van der Waals surface area contributed by atoms with E-state index < -0.39 is 0 Å². The van der Waals surface area contributed by atoms with Crippen LogP contribution in [0.25, 0.3) is 11.4 Å². The maximum absolute atomic E-state index is 12.6. The van der Waals surface area contributed by atoms with Crippen molar-refractivity contribution in [2.24, 2.45) is 0 Å². The topological polar surface area (TPSA) is 65.1 Å². The van der Waals surface area contributed by atoms with Crippen LogP contribution in [0.2, 0.25) is 0 Å². The molecular weight excluding hydrogens is 302 g/mol. The molecule has 0 unspecified atom stereocenters. The van der Waals surface area contributed by atoms with Crippen LogP contribution in [0.4, 0.5) is 0 Å². The zero-order valence-electron chi connectivity index (χ0n) is 14.0. The molecule has 4 rings (SSSR count). The minimum atomic E-state index is 0.125. The Morgan fingerprint density at radius 2 is 2.00 bits per heavy atom. The van der Waals surface area contributed by atoms with Gasteiger partial charge < -0.3 is 4.90 Å². The van der Waals surface area contributed by atoms with Crippen LogP contribution in [0.3, 0.4) is 0 Å². The van der Waals surface area contributed by atoms with Crippen molar-refractivity contribution < 1.29 is 4.79 Å². The van der Waals surface area contributed by atoms with E-state index in [1.807, 2.05) is 29.2 Å². The number of rotatable bonds is 3. The van der Waals surface area contributed by atoms with E-state index in [9.17, 15) is 4.79 Å². The lowest BCUT2D eigenvalue weighted by Gasteiger charge is -2.49. The predicted molar refractivity (Wildman–Crippen MR) is 91.5 cm³/mol. The van der Waals surface area contributed by atoms with Crippen molar-refractivity contribution >= 4 is 5.91 Å². The van der Waals surface area contributed by atoms with Gasteiger partial charge in [-0.1, -0.05) is 18.6 Å². The van der Waals surface area contributed by atoms with E-state index in [0.717, 1.165) is 30.0 Å². The van der Waals surface area contributed by atoms with Gasteiger partial charge in [0.2, 0.25) is 0 Å². The highest BCUT2D eigenvalue weighted by molar-refractivity contribution is 5.95. The van der Waals surface area contributed by atoms with E-state index in [1.54, 1.807) is 0 Å². The third kappa shape index (κ3) is 2.82. The SMILES string of the molecule is C[C@H]1CCCCN1C1CN(C(=O)c2ccc(-c3ncn[nH]3)cc2)C1. The zero-order chi connectivity index (χ0) is 16.5. The second-order valence-corrected chi connectivity index (χ2v) is 6.86. The zero-order valence-corrected chi connectivity index (χ0v) is 14.0. The Hall–Kier alpha value is -2.21. The number of nitrogens with zero attached hydrogens (tertiary/aromatic N) is 4. The first kappa shape index (κ1) is 15.3. The van der Waals surface area contributed by atoms with Crippen molar-refractivity contribution in [3.63, 3.8) is 0 Å². The average molecular weight is 325 g/mol. The van der Waals surface area contributed by atoms with E-state index in [2.05, 4.69) is 27.0 Å². The van der Waals surface area contributed by atoms with Crippen molar-refractivity contribution in [2.45, 2.75) is 38.3 Å². The molecule has 2 aliphatic heterocycles. The van der Waals surface area contributed by atoms with Gasteiger partial charge in [0.1, 0.15) is 6.33 Å². The number of likely N-dealkylation sites (tertiary alicyclic amines) is 2. The third-order valence-corrected chi connectivity index (χ3v) is 5.29. The Kier molecular flexibility index (Phi) is 4.06. The Bertz CT molecular complexity index is 691. The maximum Gasteiger partial charge on any atom is 0.253 e. The number of piperidine rings is 1. The first-order valence-electron chi connectivity index (χ1n) is 8.73. The highest BCUT2D eigenvalue weighted by Crippen LogP contribution is 2.25. The number of carbonyl (C=O) groups is 1. The van der Waals surface area contributed by atoms with Crippen LogP contribution in [0, 0.1) is 0 Å². The number of benzene rings is 1. The number of H-pyrrole nitrogens is 1. The van der Waals surface area contributed by atoms with Crippen molar-refractivity contribution in [3.05, 3.63) is 36.2 Å². The first-order valence-corrected chi connectivity index (χ1v) is 8.73. The summed E-state index contributed by atoms with van der Waals surface area (Å²) in [5, 5.41) is 6.68. The summed E-state index contributed by atoms with van der Waals surface area (Å²) in [4.78, 5) is 21.3. The lowest BCUT2D eigenvalue weighted by Crippen LogP contribution is -2.63. The van der Waals surface area contributed by atoms with Gasteiger partial charge in [-0.05, 0) is 38.4 Å². The Labute approximate surface area is 141 Å². The van der Waals surface area contributed by atoms with Gasteiger partial charge in [0.05, 0.1) is 0 Å². The maximum atomic E-state index is 12.6. The molecule has 0 aliphatic carbocycles. The molecule has 2 fully saturated rings. The van der Waals surface area contributed by atoms with Crippen LogP contribution in [-0.4, -0.2) is 62.6 Å². The van der Waals surface area contributed by atoms with Crippen molar-refractivity contribution in [1.29, 1.82) is 0 Å². The molecule has 0 saturated carbocycles. The number of aromatic amines is 1. The number of hydrogen-bond donors (Lipinski definition) is 1. The Morgan fingerprint density at radius 1 is 1.21 bits per heavy atom. The summed E-state index contributed by atoms with van der Waals surface area (Å²) >= 11 is 0. The molecule has 126 valence electrons. The number of nitrogens with one attached hydrogen (secondary N) is 1. The summed E-state index contributed by atoms with van der Waals surface area (Å²) in [5.74, 6) is 0.845. The largest absolute Gasteiger partial charge is 0.335 e. The van der Waals surface area contributed by atoms with Gasteiger partial charge in [0.25, 0.3) is 5.91 Å². The lowest BCUT2D eigenvalue weighted by molar-refractivity contribution is 0.00213. The summed E-state index contributed by atoms with van der Waals surface area (Å²) in [7, 11) is 0. The van der Waals surface area contributed by atoms with Crippen LogP contribution in [-0.2, 0) is 0 Å². The first-order chi connectivity index (χ1) is 11.7. The molecule has 0 bridgehead atoms. The molecule has 2 aliphatic rings. The second kappa shape index (κ2) is 6.36. The van der Waals surface area contributed by atoms with Crippen LogP contribution in [0.15, 0.2) is 30.6 Å².